The third kappa shape index (κ3) is 4.17. The number of carbonyl (C=O) groups excluding carboxylic acids is 1. The minimum absolute atomic E-state index is 0.00882. The van der Waals surface area contributed by atoms with Crippen LogP contribution in [0.3, 0.4) is 0 Å². The molecule has 0 saturated carbocycles. The molecule has 19 heavy (non-hydrogen) atoms. The molecule has 110 valence electrons. The van der Waals surface area contributed by atoms with Crippen LogP contribution in [0.1, 0.15) is 19.8 Å². The van der Waals surface area contributed by atoms with Crippen LogP contribution in [0.5, 0.6) is 0 Å². The van der Waals surface area contributed by atoms with E-state index in [-0.39, 0.29) is 18.1 Å². The minimum atomic E-state index is -3.18. The third-order valence-electron chi connectivity index (χ3n) is 3.35. The van der Waals surface area contributed by atoms with Gasteiger partial charge in [0.05, 0.1) is 11.8 Å². The van der Waals surface area contributed by atoms with Crippen LogP contribution in [-0.2, 0) is 19.4 Å². The van der Waals surface area contributed by atoms with E-state index in [0.29, 0.717) is 13.0 Å². The highest BCUT2D eigenvalue weighted by Crippen LogP contribution is 2.24. The lowest BCUT2D eigenvalue weighted by atomic mass is 10.0. The molecular formula is C11H20N2O5S. The Balaban J connectivity index is 2.69. The van der Waals surface area contributed by atoms with Crippen LogP contribution in [0, 0.1) is 5.92 Å². The second-order valence-electron chi connectivity index (χ2n) is 5.11. The number of nitrogens with zero attached hydrogens (tertiary/aromatic N) is 1. The Kier molecular flexibility index (Phi) is 4.92. The number of hydrogen-bond donors (Lipinski definition) is 2. The van der Waals surface area contributed by atoms with Crippen molar-refractivity contribution in [1.82, 2.24) is 4.90 Å². The predicted octanol–water partition coefficient (Wildman–Crippen LogP) is -0.930. The number of carboxylic acid groups (broad SMARTS) is 1. The van der Waals surface area contributed by atoms with E-state index in [1.807, 2.05) is 0 Å². The second-order valence-corrected chi connectivity index (χ2v) is 7.37. The van der Waals surface area contributed by atoms with E-state index in [1.165, 1.54) is 4.90 Å². The maximum atomic E-state index is 12.1. The maximum absolute atomic E-state index is 12.1. The Morgan fingerprint density at radius 1 is 1.47 bits per heavy atom. The van der Waals surface area contributed by atoms with Crippen LogP contribution in [0.4, 0.5) is 0 Å². The molecule has 1 aliphatic rings. The van der Waals surface area contributed by atoms with Gasteiger partial charge in [-0.25, -0.2) is 13.2 Å². The van der Waals surface area contributed by atoms with Gasteiger partial charge in [-0.2, -0.15) is 0 Å². The van der Waals surface area contributed by atoms with Crippen LogP contribution in [0.25, 0.3) is 0 Å². The molecule has 1 amide bonds. The molecule has 3 N–H and O–H groups in total. The Morgan fingerprint density at radius 2 is 2.05 bits per heavy atom. The molecule has 0 aliphatic carbocycles. The van der Waals surface area contributed by atoms with Crippen molar-refractivity contribution in [2.24, 2.45) is 11.7 Å². The molecule has 1 fully saturated rings. The molecule has 3 unspecified atom stereocenters. The molecule has 0 aromatic rings. The zero-order chi connectivity index (χ0) is 14.8. The number of nitrogens with two attached hydrogens (primary N) is 1. The first-order valence-corrected chi connectivity index (χ1v) is 8.16. The highest BCUT2D eigenvalue weighted by Gasteiger charge is 2.40. The predicted molar refractivity (Wildman–Crippen MR) is 69.2 cm³/mol. The fourth-order valence-electron chi connectivity index (χ4n) is 2.25. The van der Waals surface area contributed by atoms with Crippen LogP contribution < -0.4 is 5.73 Å². The topological polar surface area (TPSA) is 118 Å². The fourth-order valence-corrected chi connectivity index (χ4v) is 2.93. The second kappa shape index (κ2) is 5.87. The summed E-state index contributed by atoms with van der Waals surface area (Å²) >= 11 is 0. The van der Waals surface area contributed by atoms with E-state index < -0.39 is 33.8 Å². The first-order valence-electron chi connectivity index (χ1n) is 6.10. The van der Waals surface area contributed by atoms with E-state index in [1.54, 1.807) is 6.92 Å². The van der Waals surface area contributed by atoms with Gasteiger partial charge in [-0.05, 0) is 18.8 Å². The molecule has 0 spiro atoms. The van der Waals surface area contributed by atoms with Gasteiger partial charge >= 0.3 is 5.97 Å². The van der Waals surface area contributed by atoms with Crippen LogP contribution in [-0.4, -0.2) is 60.9 Å². The van der Waals surface area contributed by atoms with Crippen molar-refractivity contribution in [1.29, 1.82) is 0 Å². The van der Waals surface area contributed by atoms with Crippen LogP contribution in [0.15, 0.2) is 0 Å². The van der Waals surface area contributed by atoms with Crippen molar-refractivity contribution < 1.29 is 23.1 Å². The SMILES string of the molecule is CC1CCN(C(=O)C(N)CCS(C)(=O)=O)C1C(=O)O. The van der Waals surface area contributed by atoms with Gasteiger partial charge in [0.1, 0.15) is 15.9 Å². The summed E-state index contributed by atoms with van der Waals surface area (Å²) in [6.07, 6.45) is 1.69. The van der Waals surface area contributed by atoms with Gasteiger partial charge in [-0.3, -0.25) is 4.79 Å². The van der Waals surface area contributed by atoms with Gasteiger partial charge in [0.15, 0.2) is 0 Å². The zero-order valence-corrected chi connectivity index (χ0v) is 11.9. The molecule has 1 saturated heterocycles. The van der Waals surface area contributed by atoms with Gasteiger partial charge in [0.2, 0.25) is 5.91 Å². The van der Waals surface area contributed by atoms with Crippen molar-refractivity contribution in [3.8, 4) is 0 Å². The number of sulfone groups is 1. The normalized spacial score (nSPS) is 25.3. The van der Waals surface area contributed by atoms with Crippen molar-refractivity contribution in [2.45, 2.75) is 31.8 Å². The van der Waals surface area contributed by atoms with Crippen molar-refractivity contribution in [3.63, 3.8) is 0 Å². The molecule has 8 heteroatoms. The molecule has 0 aromatic carbocycles. The molecule has 1 aliphatic heterocycles. The number of hydrogen-bond acceptors (Lipinski definition) is 5. The third-order valence-corrected chi connectivity index (χ3v) is 4.33. The van der Waals surface area contributed by atoms with Gasteiger partial charge in [-0.1, -0.05) is 6.92 Å². The summed E-state index contributed by atoms with van der Waals surface area (Å²) < 4.78 is 22.1. The van der Waals surface area contributed by atoms with E-state index in [9.17, 15) is 18.0 Å². The molecular weight excluding hydrogens is 272 g/mol. The number of carboxylic acids is 1. The average Bonchev–Trinajstić information content (AvgIpc) is 2.66. The molecule has 3 atom stereocenters. The Bertz CT molecular complexity index is 462. The molecule has 7 nitrogen and oxygen atoms in total. The average molecular weight is 292 g/mol. The first-order chi connectivity index (χ1) is 8.63. The standard InChI is InChI=1S/C11H20N2O5S/c1-7-3-5-13(9(7)11(15)16)10(14)8(12)4-6-19(2,17)18/h7-9H,3-6,12H2,1-2H3,(H,15,16). The zero-order valence-electron chi connectivity index (χ0n) is 11.1. The van der Waals surface area contributed by atoms with Gasteiger partial charge in [0.25, 0.3) is 0 Å². The highest BCUT2D eigenvalue weighted by molar-refractivity contribution is 7.90. The number of rotatable bonds is 5. The quantitative estimate of drug-likeness (QED) is 0.676. The van der Waals surface area contributed by atoms with Gasteiger partial charge in [-0.15, -0.1) is 0 Å². The van der Waals surface area contributed by atoms with Crippen molar-refractivity contribution in [2.75, 3.05) is 18.6 Å². The Labute approximate surface area is 112 Å². The lowest BCUT2D eigenvalue weighted by Gasteiger charge is -2.26. The summed E-state index contributed by atoms with van der Waals surface area (Å²) in [7, 11) is -3.18. The Morgan fingerprint density at radius 3 is 2.53 bits per heavy atom. The van der Waals surface area contributed by atoms with E-state index in [4.69, 9.17) is 10.8 Å². The van der Waals surface area contributed by atoms with E-state index >= 15 is 0 Å². The minimum Gasteiger partial charge on any atom is -0.480 e. The van der Waals surface area contributed by atoms with Gasteiger partial charge in [0, 0.05) is 12.8 Å². The van der Waals surface area contributed by atoms with Crippen LogP contribution in [0.2, 0.25) is 0 Å². The van der Waals surface area contributed by atoms with Crippen LogP contribution >= 0.6 is 0 Å². The summed E-state index contributed by atoms with van der Waals surface area (Å²) in [4.78, 5) is 24.5. The smallest absolute Gasteiger partial charge is 0.326 e. The lowest BCUT2D eigenvalue weighted by molar-refractivity contribution is -0.149. The molecule has 1 rings (SSSR count). The summed E-state index contributed by atoms with van der Waals surface area (Å²) in [5.41, 5.74) is 5.66. The number of aliphatic carboxylic acids is 1. The number of likely N-dealkylation sites (tertiary alicyclic amines) is 1. The number of carbonyl (C=O) groups is 2. The highest BCUT2D eigenvalue weighted by atomic mass is 32.2. The summed E-state index contributed by atoms with van der Waals surface area (Å²) in [5, 5.41) is 9.11. The molecule has 0 aromatic heterocycles. The fraction of sp³-hybridized carbons (Fsp3) is 0.818. The lowest BCUT2D eigenvalue weighted by Crippen LogP contribution is -2.50. The summed E-state index contributed by atoms with van der Waals surface area (Å²) in [5.74, 6) is -1.83. The maximum Gasteiger partial charge on any atom is 0.326 e. The van der Waals surface area contributed by atoms with Crippen molar-refractivity contribution >= 4 is 21.7 Å². The molecule has 0 radical (unpaired) electrons. The van der Waals surface area contributed by atoms with E-state index in [2.05, 4.69) is 0 Å². The summed E-state index contributed by atoms with van der Waals surface area (Å²) in [6.45, 7) is 2.12. The van der Waals surface area contributed by atoms with E-state index in [0.717, 1.165) is 6.26 Å². The number of amides is 1. The Hall–Kier alpha value is -1.15. The monoisotopic (exact) mass is 292 g/mol. The largest absolute Gasteiger partial charge is 0.480 e. The summed E-state index contributed by atoms with van der Waals surface area (Å²) in [6, 6.07) is -1.83. The first kappa shape index (κ1) is 15.9. The van der Waals surface area contributed by atoms with Crippen molar-refractivity contribution in [3.05, 3.63) is 0 Å². The molecule has 0 bridgehead atoms. The van der Waals surface area contributed by atoms with Gasteiger partial charge < -0.3 is 15.7 Å². The molecule has 1 heterocycles.